The minimum Gasteiger partial charge on any atom is -0.310 e. The molecule has 0 spiro atoms. The fraction of sp³-hybridized carbons (Fsp3) is 0.364. The monoisotopic (exact) mass is 319 g/mol. The molecule has 0 radical (unpaired) electrons. The molecule has 0 aliphatic carbocycles. The van der Waals surface area contributed by atoms with Gasteiger partial charge >= 0.3 is 0 Å². The number of amides is 1. The maximum atomic E-state index is 12.0. The Hall–Kier alpha value is -1.45. The van der Waals surface area contributed by atoms with E-state index < -0.39 is 32.8 Å². The number of carbonyl (C=O) groups is 1. The number of benzene rings is 1. The van der Waals surface area contributed by atoms with Gasteiger partial charge in [0.15, 0.2) is 16.8 Å². The molecule has 1 unspecified atom stereocenters. The van der Waals surface area contributed by atoms with Gasteiger partial charge in [0.25, 0.3) is 16.0 Å². The summed E-state index contributed by atoms with van der Waals surface area (Å²) in [6, 6.07) is 5.78. The molecule has 0 saturated carbocycles. The topological polar surface area (TPSA) is 97.8 Å². The van der Waals surface area contributed by atoms with Crippen molar-refractivity contribution in [2.45, 2.75) is 17.4 Å². The Balaban J connectivity index is 2.17. The molecule has 1 aliphatic rings. The van der Waals surface area contributed by atoms with Crippen molar-refractivity contribution >= 4 is 32.4 Å². The highest BCUT2D eigenvalue weighted by atomic mass is 32.2. The lowest BCUT2D eigenvalue weighted by Gasteiger charge is -2.16. The van der Waals surface area contributed by atoms with Gasteiger partial charge < -0.3 is 4.90 Å². The molecule has 0 N–H and O–H groups in total. The van der Waals surface area contributed by atoms with Gasteiger partial charge in [-0.25, -0.2) is 8.42 Å². The number of thiol groups is 1. The second kappa shape index (κ2) is 5.51. The van der Waals surface area contributed by atoms with Crippen LogP contribution in [0.5, 0.6) is 0 Å². The largest absolute Gasteiger partial charge is 0.310 e. The van der Waals surface area contributed by atoms with Crippen LogP contribution in [0.1, 0.15) is 6.42 Å². The van der Waals surface area contributed by atoms with E-state index in [4.69, 9.17) is 4.18 Å². The Morgan fingerprint density at radius 2 is 1.85 bits per heavy atom. The molecule has 1 aromatic carbocycles. The predicted octanol–water partition coefficient (Wildman–Crippen LogP) is -0.262. The van der Waals surface area contributed by atoms with E-state index in [2.05, 4.69) is 0 Å². The van der Waals surface area contributed by atoms with Crippen LogP contribution in [0.2, 0.25) is 0 Å². The van der Waals surface area contributed by atoms with E-state index in [1.54, 1.807) is 0 Å². The lowest BCUT2D eigenvalue weighted by molar-refractivity contribution is -0.122. The third-order valence-corrected chi connectivity index (χ3v) is 4.12. The molecule has 1 atom stereocenters. The number of rotatable bonds is 4. The highest BCUT2D eigenvalue weighted by Crippen LogP contribution is 2.24. The zero-order valence-electron chi connectivity index (χ0n) is 10.6. The summed E-state index contributed by atoms with van der Waals surface area (Å²) in [5.74, 6) is -0.449. The SMILES string of the molecule is CS(=O)(=O)OC1CCN(c2ccc([SH](=O)=O)cc2)C1=O. The molecule has 1 heterocycles. The van der Waals surface area contributed by atoms with Crippen LogP contribution in [0.4, 0.5) is 5.69 Å². The van der Waals surface area contributed by atoms with Crippen LogP contribution in [0.25, 0.3) is 0 Å². The predicted molar refractivity (Wildman–Crippen MR) is 71.7 cm³/mol. The lowest BCUT2D eigenvalue weighted by Crippen LogP contribution is -2.31. The normalized spacial score (nSPS) is 19.8. The Bertz CT molecular complexity index is 684. The summed E-state index contributed by atoms with van der Waals surface area (Å²) in [7, 11) is -6.36. The van der Waals surface area contributed by atoms with Crippen LogP contribution in [0.3, 0.4) is 0 Å². The first kappa shape index (κ1) is 14.9. The number of nitrogens with zero attached hydrogens (tertiary/aromatic N) is 1. The van der Waals surface area contributed by atoms with Gasteiger partial charge in [-0.15, -0.1) is 0 Å². The molecule has 0 aromatic heterocycles. The molecule has 1 amide bonds. The van der Waals surface area contributed by atoms with Crippen LogP contribution in [0.15, 0.2) is 29.2 Å². The van der Waals surface area contributed by atoms with Crippen molar-refractivity contribution in [3.05, 3.63) is 24.3 Å². The minimum atomic E-state index is -3.69. The van der Waals surface area contributed by atoms with Crippen molar-refractivity contribution in [2.75, 3.05) is 17.7 Å². The summed E-state index contributed by atoms with van der Waals surface area (Å²) >= 11 is 0. The zero-order chi connectivity index (χ0) is 14.9. The fourth-order valence-corrected chi connectivity index (χ4v) is 2.96. The third kappa shape index (κ3) is 3.35. The number of hydrogen-bond acceptors (Lipinski definition) is 6. The first-order chi connectivity index (χ1) is 9.28. The molecule has 1 aliphatic heterocycles. The van der Waals surface area contributed by atoms with E-state index in [1.807, 2.05) is 0 Å². The maximum Gasteiger partial charge on any atom is 0.265 e. The molecule has 0 bridgehead atoms. The van der Waals surface area contributed by atoms with E-state index in [-0.39, 0.29) is 11.3 Å². The second-order valence-corrected chi connectivity index (χ2v) is 6.97. The van der Waals surface area contributed by atoms with Crippen molar-refractivity contribution in [3.8, 4) is 0 Å². The van der Waals surface area contributed by atoms with Crippen LogP contribution in [-0.2, 0) is 29.8 Å². The van der Waals surface area contributed by atoms with Crippen LogP contribution in [0, 0.1) is 0 Å². The van der Waals surface area contributed by atoms with Gasteiger partial charge in [-0.3, -0.25) is 8.98 Å². The highest BCUT2D eigenvalue weighted by molar-refractivity contribution is 7.86. The number of anilines is 1. The fourth-order valence-electron chi connectivity index (χ4n) is 1.96. The molecule has 1 aromatic rings. The summed E-state index contributed by atoms with van der Waals surface area (Å²) in [5, 5.41) is 0. The number of hydrogen-bond donors (Lipinski definition) is 1. The Morgan fingerprint density at radius 1 is 1.25 bits per heavy atom. The van der Waals surface area contributed by atoms with Gasteiger partial charge in [-0.05, 0) is 24.3 Å². The molecule has 2 rings (SSSR count). The molecule has 7 nitrogen and oxygen atoms in total. The third-order valence-electron chi connectivity index (χ3n) is 2.82. The standard InChI is InChI=1S/C11H13NO6S2/c1-20(16,17)18-10-6-7-12(11(10)13)8-2-4-9(5-3-8)19(14)15/h2-5,10,19H,6-7H2,1H3. The van der Waals surface area contributed by atoms with E-state index in [0.29, 0.717) is 12.2 Å². The van der Waals surface area contributed by atoms with Crippen molar-refractivity contribution in [1.82, 2.24) is 0 Å². The lowest BCUT2D eigenvalue weighted by atomic mass is 10.3. The zero-order valence-corrected chi connectivity index (χ0v) is 12.3. The van der Waals surface area contributed by atoms with Gasteiger partial charge in [-0.1, -0.05) is 0 Å². The molecule has 1 saturated heterocycles. The van der Waals surface area contributed by atoms with Crippen LogP contribution < -0.4 is 4.90 Å². The molecular formula is C11H13NO6S2. The average Bonchev–Trinajstić information content (AvgIpc) is 2.69. The number of carbonyl (C=O) groups excluding carboxylic acids is 1. The van der Waals surface area contributed by atoms with Crippen LogP contribution >= 0.6 is 0 Å². The molecular weight excluding hydrogens is 306 g/mol. The Kier molecular flexibility index (Phi) is 4.11. The molecule has 110 valence electrons. The first-order valence-electron chi connectivity index (χ1n) is 5.72. The Labute approximate surface area is 118 Å². The Morgan fingerprint density at radius 3 is 2.35 bits per heavy atom. The molecule has 1 fully saturated rings. The summed E-state index contributed by atoms with van der Waals surface area (Å²) in [5.41, 5.74) is 0.509. The molecule has 20 heavy (non-hydrogen) atoms. The van der Waals surface area contributed by atoms with E-state index in [1.165, 1.54) is 29.2 Å². The quantitative estimate of drug-likeness (QED) is 0.606. The smallest absolute Gasteiger partial charge is 0.265 e. The van der Waals surface area contributed by atoms with Crippen molar-refractivity contribution in [3.63, 3.8) is 0 Å². The molecule has 9 heteroatoms. The van der Waals surface area contributed by atoms with Gasteiger partial charge in [0, 0.05) is 18.7 Å². The first-order valence-corrected chi connectivity index (χ1v) is 8.71. The van der Waals surface area contributed by atoms with E-state index in [0.717, 1.165) is 6.26 Å². The van der Waals surface area contributed by atoms with Crippen LogP contribution in [-0.4, -0.2) is 41.6 Å². The summed E-state index contributed by atoms with van der Waals surface area (Å²) in [6.07, 6.45) is 0.146. The van der Waals surface area contributed by atoms with E-state index in [9.17, 15) is 21.6 Å². The van der Waals surface area contributed by atoms with Crippen molar-refractivity contribution in [1.29, 1.82) is 0 Å². The van der Waals surface area contributed by atoms with Crippen molar-refractivity contribution in [2.24, 2.45) is 0 Å². The van der Waals surface area contributed by atoms with Crippen molar-refractivity contribution < 1.29 is 25.8 Å². The summed E-state index contributed by atoms with van der Waals surface area (Å²) in [4.78, 5) is 13.5. The summed E-state index contributed by atoms with van der Waals surface area (Å²) < 4.78 is 48.3. The van der Waals surface area contributed by atoms with Gasteiger partial charge in [-0.2, -0.15) is 8.42 Å². The van der Waals surface area contributed by atoms with Gasteiger partial charge in [0.05, 0.1) is 11.2 Å². The average molecular weight is 319 g/mol. The second-order valence-electron chi connectivity index (χ2n) is 4.34. The highest BCUT2D eigenvalue weighted by Gasteiger charge is 2.35. The van der Waals surface area contributed by atoms with Gasteiger partial charge in [0.2, 0.25) is 0 Å². The maximum absolute atomic E-state index is 12.0. The van der Waals surface area contributed by atoms with Gasteiger partial charge in [0.1, 0.15) is 0 Å². The summed E-state index contributed by atoms with van der Waals surface area (Å²) in [6.45, 7) is 0.321. The minimum absolute atomic E-state index is 0.152. The van der Waals surface area contributed by atoms with E-state index >= 15 is 0 Å².